The number of rotatable bonds is 11. The predicted octanol–water partition coefficient (Wildman–Crippen LogP) is -1.56. The minimum absolute atomic E-state index is 0.108. The second kappa shape index (κ2) is 10.2. The third-order valence-corrected chi connectivity index (χ3v) is 4.48. The molecule has 0 fully saturated rings. The number of nitrogens with one attached hydrogen (secondary N) is 3. The van der Waals surface area contributed by atoms with Gasteiger partial charge in [0.1, 0.15) is 12.1 Å². The van der Waals surface area contributed by atoms with Gasteiger partial charge in [-0.2, -0.15) is 0 Å². The summed E-state index contributed by atoms with van der Waals surface area (Å²) in [4.78, 5) is 61.2. The summed E-state index contributed by atoms with van der Waals surface area (Å²) in [7, 11) is 0. The van der Waals surface area contributed by atoms with E-state index in [9.17, 15) is 24.0 Å². The first-order chi connectivity index (χ1) is 14.6. The highest BCUT2D eigenvalue weighted by Crippen LogP contribution is 2.18. The van der Waals surface area contributed by atoms with E-state index in [1.807, 2.05) is 29.6 Å². The molecule has 0 saturated heterocycles. The summed E-state index contributed by atoms with van der Waals surface area (Å²) < 4.78 is 0. The lowest BCUT2D eigenvalue weighted by atomic mass is 10.0. The van der Waals surface area contributed by atoms with Crippen molar-refractivity contribution in [1.29, 1.82) is 0 Å². The number of primary amides is 1. The van der Waals surface area contributed by atoms with Crippen molar-refractivity contribution < 1.29 is 34.2 Å². The van der Waals surface area contributed by atoms with Crippen molar-refractivity contribution in [3.05, 3.63) is 36.0 Å². The normalized spacial score (nSPS) is 13.7. The zero-order valence-electron chi connectivity index (χ0n) is 16.3. The highest BCUT2D eigenvalue weighted by molar-refractivity contribution is 5.95. The van der Waals surface area contributed by atoms with Gasteiger partial charge in [-0.15, -0.1) is 0 Å². The smallest absolute Gasteiger partial charge is 0.326 e. The highest BCUT2D eigenvalue weighted by Gasteiger charge is 2.30. The fraction of sp³-hybridized carbons (Fsp3) is 0.316. The fourth-order valence-electron chi connectivity index (χ4n) is 2.97. The molecule has 0 radical (unpaired) electrons. The quantitative estimate of drug-likeness (QED) is 0.219. The van der Waals surface area contributed by atoms with Crippen LogP contribution >= 0.6 is 0 Å². The van der Waals surface area contributed by atoms with Gasteiger partial charge in [-0.3, -0.25) is 19.2 Å². The van der Waals surface area contributed by atoms with Crippen molar-refractivity contribution in [2.75, 3.05) is 0 Å². The van der Waals surface area contributed by atoms with E-state index in [0.717, 1.165) is 16.5 Å². The van der Waals surface area contributed by atoms with Gasteiger partial charge in [0.25, 0.3) is 0 Å². The zero-order chi connectivity index (χ0) is 23.1. The molecule has 166 valence electrons. The number of fused-ring (bicyclic) bond motifs is 1. The van der Waals surface area contributed by atoms with E-state index in [-0.39, 0.29) is 6.42 Å². The Morgan fingerprint density at radius 1 is 0.968 bits per heavy atom. The van der Waals surface area contributed by atoms with Gasteiger partial charge < -0.3 is 37.3 Å². The number of hydrogen-bond donors (Lipinski definition) is 7. The van der Waals surface area contributed by atoms with E-state index in [2.05, 4.69) is 10.3 Å². The molecule has 1 heterocycles. The maximum atomic E-state index is 12.5. The Labute approximate surface area is 176 Å². The van der Waals surface area contributed by atoms with Crippen LogP contribution in [-0.2, 0) is 30.4 Å². The van der Waals surface area contributed by atoms with Crippen LogP contribution in [0.3, 0.4) is 0 Å². The van der Waals surface area contributed by atoms with Crippen LogP contribution in [0.2, 0.25) is 0 Å². The Kier molecular flexibility index (Phi) is 7.69. The van der Waals surface area contributed by atoms with Crippen molar-refractivity contribution in [2.24, 2.45) is 11.5 Å². The number of carbonyl (C=O) groups excluding carboxylic acids is 3. The zero-order valence-corrected chi connectivity index (χ0v) is 16.3. The maximum Gasteiger partial charge on any atom is 0.326 e. The van der Waals surface area contributed by atoms with Crippen molar-refractivity contribution >= 4 is 40.6 Å². The molecule has 0 spiro atoms. The number of aliphatic carboxylic acids is 2. The molecule has 0 aliphatic rings. The molecule has 0 aliphatic carbocycles. The second-order valence-electron chi connectivity index (χ2n) is 6.90. The van der Waals surface area contributed by atoms with E-state index in [0.29, 0.717) is 0 Å². The maximum absolute atomic E-state index is 12.5. The van der Waals surface area contributed by atoms with E-state index >= 15 is 0 Å². The molecule has 3 atom stereocenters. The molecule has 9 N–H and O–H groups in total. The van der Waals surface area contributed by atoms with E-state index in [1.54, 1.807) is 6.20 Å². The van der Waals surface area contributed by atoms with Crippen LogP contribution in [-0.4, -0.2) is 63.0 Å². The Morgan fingerprint density at radius 2 is 1.61 bits per heavy atom. The monoisotopic (exact) mass is 433 g/mol. The largest absolute Gasteiger partial charge is 0.481 e. The lowest BCUT2D eigenvalue weighted by Gasteiger charge is -2.21. The van der Waals surface area contributed by atoms with Crippen LogP contribution in [0.5, 0.6) is 0 Å². The lowest BCUT2D eigenvalue weighted by molar-refractivity contribution is -0.144. The number of carboxylic acids is 2. The Hall–Kier alpha value is -3.93. The van der Waals surface area contributed by atoms with Crippen molar-refractivity contribution in [1.82, 2.24) is 15.6 Å². The van der Waals surface area contributed by atoms with Crippen LogP contribution in [0.1, 0.15) is 18.4 Å². The van der Waals surface area contributed by atoms with Gasteiger partial charge in [0.05, 0.1) is 18.9 Å². The van der Waals surface area contributed by atoms with Crippen molar-refractivity contribution in [3.63, 3.8) is 0 Å². The molecule has 0 saturated carbocycles. The lowest BCUT2D eigenvalue weighted by Crippen LogP contribution is -2.55. The van der Waals surface area contributed by atoms with Crippen LogP contribution in [0, 0.1) is 0 Å². The molecule has 1 aromatic carbocycles. The number of aromatic nitrogens is 1. The molecular formula is C19H23N5O7. The molecule has 12 heteroatoms. The summed E-state index contributed by atoms with van der Waals surface area (Å²) in [5, 5.41) is 23.2. The van der Waals surface area contributed by atoms with Gasteiger partial charge >= 0.3 is 11.9 Å². The number of carbonyl (C=O) groups is 5. The van der Waals surface area contributed by atoms with E-state index < -0.39 is 60.6 Å². The highest BCUT2D eigenvalue weighted by atomic mass is 16.4. The fourth-order valence-corrected chi connectivity index (χ4v) is 2.97. The summed E-state index contributed by atoms with van der Waals surface area (Å²) in [6.45, 7) is 0. The molecule has 3 unspecified atom stereocenters. The number of nitrogens with two attached hydrogens (primary N) is 2. The number of hydrogen-bond acceptors (Lipinski definition) is 6. The SMILES string of the molecule is NC(=O)CC(NC(=O)C(CC(=O)O)NC(=O)C(N)Cc1c[nH]c2ccccc12)C(=O)O. The number of para-hydroxylation sites is 1. The first-order valence-electron chi connectivity index (χ1n) is 9.22. The van der Waals surface area contributed by atoms with Crippen LogP contribution in [0.4, 0.5) is 0 Å². The minimum atomic E-state index is -1.67. The van der Waals surface area contributed by atoms with E-state index in [4.69, 9.17) is 21.7 Å². The summed E-state index contributed by atoms with van der Waals surface area (Å²) in [5.74, 6) is -5.82. The molecule has 3 amide bonds. The van der Waals surface area contributed by atoms with Crippen molar-refractivity contribution in [3.8, 4) is 0 Å². The third-order valence-electron chi connectivity index (χ3n) is 4.48. The Morgan fingerprint density at radius 3 is 2.23 bits per heavy atom. The molecule has 12 nitrogen and oxygen atoms in total. The van der Waals surface area contributed by atoms with Gasteiger partial charge in [0, 0.05) is 17.1 Å². The Bertz CT molecular complexity index is 1000. The van der Waals surface area contributed by atoms with Crippen LogP contribution in [0.25, 0.3) is 10.9 Å². The number of aromatic amines is 1. The molecule has 1 aromatic heterocycles. The summed E-state index contributed by atoms with van der Waals surface area (Å²) in [6, 6.07) is 2.98. The number of amides is 3. The predicted molar refractivity (Wildman–Crippen MR) is 108 cm³/mol. The Balaban J connectivity index is 2.08. The van der Waals surface area contributed by atoms with Gasteiger partial charge in [-0.25, -0.2) is 4.79 Å². The van der Waals surface area contributed by atoms with E-state index in [1.165, 1.54) is 0 Å². The van der Waals surface area contributed by atoms with Crippen LogP contribution in [0.15, 0.2) is 30.5 Å². The third kappa shape index (κ3) is 6.54. The number of carboxylic acid groups (broad SMARTS) is 2. The number of benzene rings is 1. The molecule has 0 aliphatic heterocycles. The van der Waals surface area contributed by atoms with Gasteiger partial charge in [0.15, 0.2) is 0 Å². The van der Waals surface area contributed by atoms with Gasteiger partial charge in [-0.05, 0) is 18.1 Å². The summed E-state index contributed by atoms with van der Waals surface area (Å²) in [5.41, 5.74) is 12.5. The first kappa shape index (κ1) is 23.3. The summed E-state index contributed by atoms with van der Waals surface area (Å²) in [6.07, 6.45) is 0.284. The topological polar surface area (TPSA) is 218 Å². The molecule has 31 heavy (non-hydrogen) atoms. The molecule has 2 rings (SSSR count). The average Bonchev–Trinajstić information content (AvgIpc) is 3.09. The minimum Gasteiger partial charge on any atom is -0.481 e. The number of H-pyrrole nitrogens is 1. The first-order valence-corrected chi connectivity index (χ1v) is 9.22. The standard InChI is InChI=1S/C19H23N5O7/c20-11(5-9-8-22-12-4-2-1-3-10(9)12)17(28)23-13(7-16(26)27)18(29)24-14(19(30)31)6-15(21)25/h1-4,8,11,13-14,22H,5-7,20H2,(H2,21,25)(H,23,28)(H,24,29)(H,26,27)(H,30,31). The van der Waals surface area contributed by atoms with Crippen LogP contribution < -0.4 is 22.1 Å². The molecule has 2 aromatic rings. The summed E-state index contributed by atoms with van der Waals surface area (Å²) >= 11 is 0. The average molecular weight is 433 g/mol. The van der Waals surface area contributed by atoms with Gasteiger partial charge in [-0.1, -0.05) is 18.2 Å². The molecule has 0 bridgehead atoms. The van der Waals surface area contributed by atoms with Gasteiger partial charge in [0.2, 0.25) is 17.7 Å². The van der Waals surface area contributed by atoms with Crippen molar-refractivity contribution in [2.45, 2.75) is 37.4 Å². The second-order valence-corrected chi connectivity index (χ2v) is 6.90. The molecular weight excluding hydrogens is 410 g/mol.